The van der Waals surface area contributed by atoms with Gasteiger partial charge in [0.05, 0.1) is 18.1 Å². The second kappa shape index (κ2) is 6.02. The summed E-state index contributed by atoms with van der Waals surface area (Å²) >= 11 is 0. The van der Waals surface area contributed by atoms with E-state index in [-0.39, 0.29) is 11.9 Å². The lowest BCUT2D eigenvalue weighted by molar-refractivity contribution is -0.151. The highest BCUT2D eigenvalue weighted by atomic mass is 16.5. The number of esters is 1. The number of ether oxygens (including phenoxy) is 1. The molecule has 4 heteroatoms. The zero-order chi connectivity index (χ0) is 13.0. The predicted octanol–water partition coefficient (Wildman–Crippen LogP) is 1.47. The molecule has 2 aliphatic rings. The molecule has 0 aromatic carbocycles. The van der Waals surface area contributed by atoms with E-state index in [1.54, 1.807) is 0 Å². The van der Waals surface area contributed by atoms with Crippen molar-refractivity contribution in [3.05, 3.63) is 0 Å². The molecule has 0 heterocycles. The molecule has 104 valence electrons. The molecule has 0 aromatic rings. The van der Waals surface area contributed by atoms with Crippen molar-refractivity contribution in [2.75, 3.05) is 19.7 Å². The van der Waals surface area contributed by atoms with Crippen LogP contribution in [0.25, 0.3) is 0 Å². The number of carbonyl (C=O) groups excluding carboxylic acids is 1. The number of hydrogen-bond donors (Lipinski definition) is 2. The van der Waals surface area contributed by atoms with Crippen molar-refractivity contribution in [1.82, 2.24) is 5.32 Å². The fourth-order valence-electron chi connectivity index (χ4n) is 2.66. The van der Waals surface area contributed by atoms with Crippen LogP contribution in [0.3, 0.4) is 0 Å². The van der Waals surface area contributed by atoms with Gasteiger partial charge in [-0.2, -0.15) is 0 Å². The molecule has 0 bridgehead atoms. The first-order valence-corrected chi connectivity index (χ1v) is 7.23. The molecule has 2 fully saturated rings. The molecule has 0 atom stereocenters. The van der Waals surface area contributed by atoms with Gasteiger partial charge in [-0.25, -0.2) is 0 Å². The maximum atomic E-state index is 11.6. The molecule has 4 nitrogen and oxygen atoms in total. The average molecular weight is 255 g/mol. The van der Waals surface area contributed by atoms with Crippen LogP contribution in [0.1, 0.15) is 45.4 Å². The quantitative estimate of drug-likeness (QED) is 0.706. The standard InChI is InChI=1S/C14H25NO3/c1-2-18-13(16)12-5-7-14(17,8-6-12)10-15-9-11-3-4-11/h11-12,15,17H,2-10H2,1H3. The van der Waals surface area contributed by atoms with Gasteiger partial charge in [0.2, 0.25) is 0 Å². The number of hydrogen-bond acceptors (Lipinski definition) is 4. The van der Waals surface area contributed by atoms with Crippen LogP contribution < -0.4 is 5.32 Å². The highest BCUT2D eigenvalue weighted by Gasteiger charge is 2.36. The first-order valence-electron chi connectivity index (χ1n) is 7.23. The van der Waals surface area contributed by atoms with Gasteiger partial charge < -0.3 is 15.2 Å². The second-order valence-corrected chi connectivity index (χ2v) is 5.82. The number of carbonyl (C=O) groups is 1. The number of aliphatic hydroxyl groups is 1. The summed E-state index contributed by atoms with van der Waals surface area (Å²) in [7, 11) is 0. The third kappa shape index (κ3) is 3.95. The first-order chi connectivity index (χ1) is 8.63. The van der Waals surface area contributed by atoms with Crippen molar-refractivity contribution >= 4 is 5.97 Å². The largest absolute Gasteiger partial charge is 0.466 e. The maximum absolute atomic E-state index is 11.6. The monoisotopic (exact) mass is 255 g/mol. The third-order valence-corrected chi connectivity index (χ3v) is 4.12. The highest BCUT2D eigenvalue weighted by molar-refractivity contribution is 5.72. The predicted molar refractivity (Wildman–Crippen MR) is 69.1 cm³/mol. The van der Waals surface area contributed by atoms with Crippen LogP contribution in [-0.4, -0.2) is 36.4 Å². The Morgan fingerprint density at radius 1 is 1.33 bits per heavy atom. The zero-order valence-corrected chi connectivity index (χ0v) is 11.3. The topological polar surface area (TPSA) is 58.6 Å². The molecule has 0 radical (unpaired) electrons. The number of rotatable bonds is 6. The molecule has 18 heavy (non-hydrogen) atoms. The van der Waals surface area contributed by atoms with Crippen LogP contribution in [0, 0.1) is 11.8 Å². The van der Waals surface area contributed by atoms with Crippen LogP contribution >= 0.6 is 0 Å². The molecule has 2 aliphatic carbocycles. The molecular weight excluding hydrogens is 230 g/mol. The van der Waals surface area contributed by atoms with E-state index >= 15 is 0 Å². The molecule has 0 saturated heterocycles. The maximum Gasteiger partial charge on any atom is 0.308 e. The summed E-state index contributed by atoms with van der Waals surface area (Å²) in [6.07, 6.45) is 5.57. The lowest BCUT2D eigenvalue weighted by atomic mass is 9.79. The molecular formula is C14H25NO3. The molecule has 0 unspecified atom stereocenters. The van der Waals surface area contributed by atoms with Crippen molar-refractivity contribution in [2.45, 2.75) is 51.0 Å². The van der Waals surface area contributed by atoms with E-state index in [0.717, 1.165) is 25.3 Å². The van der Waals surface area contributed by atoms with Crippen molar-refractivity contribution in [1.29, 1.82) is 0 Å². The van der Waals surface area contributed by atoms with Crippen molar-refractivity contribution in [3.8, 4) is 0 Å². The molecule has 0 spiro atoms. The number of nitrogens with one attached hydrogen (secondary N) is 1. The summed E-state index contributed by atoms with van der Waals surface area (Å²) in [6.45, 7) is 3.98. The van der Waals surface area contributed by atoms with Gasteiger partial charge in [-0.05, 0) is 57.9 Å². The first kappa shape index (κ1) is 13.8. The molecule has 2 N–H and O–H groups in total. The van der Waals surface area contributed by atoms with Crippen molar-refractivity contribution in [3.63, 3.8) is 0 Å². The van der Waals surface area contributed by atoms with Gasteiger partial charge in [-0.15, -0.1) is 0 Å². The Bertz CT molecular complexity index is 281. The van der Waals surface area contributed by atoms with Gasteiger partial charge in [0, 0.05) is 6.54 Å². The van der Waals surface area contributed by atoms with E-state index in [2.05, 4.69) is 5.32 Å². The van der Waals surface area contributed by atoms with Crippen LogP contribution in [0.15, 0.2) is 0 Å². The molecule has 0 aromatic heterocycles. The summed E-state index contributed by atoms with van der Waals surface area (Å²) in [5.74, 6) is 0.739. The van der Waals surface area contributed by atoms with Crippen LogP contribution in [0.4, 0.5) is 0 Å². The van der Waals surface area contributed by atoms with Gasteiger partial charge in [-0.1, -0.05) is 0 Å². The summed E-state index contributed by atoms with van der Waals surface area (Å²) in [5.41, 5.74) is -0.613. The smallest absolute Gasteiger partial charge is 0.308 e. The summed E-state index contributed by atoms with van der Waals surface area (Å²) in [4.78, 5) is 11.6. The third-order valence-electron chi connectivity index (χ3n) is 4.12. The fourth-order valence-corrected chi connectivity index (χ4v) is 2.66. The Hall–Kier alpha value is -0.610. The Morgan fingerprint density at radius 3 is 2.56 bits per heavy atom. The normalized spacial score (nSPS) is 32.2. The SMILES string of the molecule is CCOC(=O)C1CCC(O)(CNCC2CC2)CC1. The van der Waals surface area contributed by atoms with E-state index < -0.39 is 5.60 Å². The minimum absolute atomic E-state index is 0.00587. The van der Waals surface area contributed by atoms with Crippen LogP contribution in [0.2, 0.25) is 0 Å². The zero-order valence-electron chi connectivity index (χ0n) is 11.3. The van der Waals surface area contributed by atoms with Gasteiger partial charge >= 0.3 is 5.97 Å². The summed E-state index contributed by atoms with van der Waals surface area (Å²) < 4.78 is 5.03. The lowest BCUT2D eigenvalue weighted by Gasteiger charge is -2.35. The van der Waals surface area contributed by atoms with Crippen molar-refractivity contribution in [2.24, 2.45) is 11.8 Å². The van der Waals surface area contributed by atoms with E-state index in [4.69, 9.17) is 4.74 Å². The Kier molecular flexibility index (Phi) is 4.62. The second-order valence-electron chi connectivity index (χ2n) is 5.82. The molecule has 0 amide bonds. The average Bonchev–Trinajstić information content (AvgIpc) is 3.14. The Balaban J connectivity index is 1.68. The van der Waals surface area contributed by atoms with E-state index in [9.17, 15) is 9.90 Å². The summed E-state index contributed by atoms with van der Waals surface area (Å²) in [6, 6.07) is 0. The Labute approximate surface area is 109 Å². The van der Waals surface area contributed by atoms with Crippen LogP contribution in [0.5, 0.6) is 0 Å². The minimum atomic E-state index is -0.613. The van der Waals surface area contributed by atoms with Gasteiger partial charge in [0.1, 0.15) is 0 Å². The summed E-state index contributed by atoms with van der Waals surface area (Å²) in [5, 5.41) is 13.8. The van der Waals surface area contributed by atoms with Gasteiger partial charge in [0.25, 0.3) is 0 Å². The van der Waals surface area contributed by atoms with E-state index in [0.29, 0.717) is 26.0 Å². The van der Waals surface area contributed by atoms with Crippen LogP contribution in [-0.2, 0) is 9.53 Å². The van der Waals surface area contributed by atoms with E-state index in [1.807, 2.05) is 6.92 Å². The minimum Gasteiger partial charge on any atom is -0.466 e. The fraction of sp³-hybridized carbons (Fsp3) is 0.929. The molecule has 0 aliphatic heterocycles. The lowest BCUT2D eigenvalue weighted by Crippen LogP contribution is -2.45. The Morgan fingerprint density at radius 2 is 2.00 bits per heavy atom. The molecule has 2 rings (SSSR count). The molecule has 2 saturated carbocycles. The van der Waals surface area contributed by atoms with Gasteiger partial charge in [-0.3, -0.25) is 4.79 Å². The van der Waals surface area contributed by atoms with E-state index in [1.165, 1.54) is 12.8 Å². The van der Waals surface area contributed by atoms with Gasteiger partial charge in [0.15, 0.2) is 0 Å². The highest BCUT2D eigenvalue weighted by Crippen LogP contribution is 2.33. The van der Waals surface area contributed by atoms with Crippen molar-refractivity contribution < 1.29 is 14.6 Å².